The Morgan fingerprint density at radius 3 is 2.67 bits per heavy atom. The maximum absolute atomic E-state index is 12.9. The van der Waals surface area contributed by atoms with Crippen LogP contribution in [0.3, 0.4) is 0 Å². The molecular weight excluding hydrogens is 332 g/mol. The molecule has 0 spiro atoms. The zero-order valence-corrected chi connectivity index (χ0v) is 13.7. The van der Waals surface area contributed by atoms with Gasteiger partial charge in [0.2, 0.25) is 10.0 Å². The highest BCUT2D eigenvalue weighted by Gasteiger charge is 2.45. The van der Waals surface area contributed by atoms with E-state index in [-0.39, 0.29) is 22.2 Å². The summed E-state index contributed by atoms with van der Waals surface area (Å²) in [7, 11) is -3.69. The van der Waals surface area contributed by atoms with E-state index in [1.807, 2.05) is 0 Å². The first-order chi connectivity index (χ1) is 11.4. The maximum atomic E-state index is 12.9. The number of nitrogens with two attached hydrogens (primary N) is 1. The van der Waals surface area contributed by atoms with E-state index >= 15 is 0 Å². The normalized spacial score (nSPS) is 27.6. The molecule has 2 fully saturated rings. The summed E-state index contributed by atoms with van der Waals surface area (Å²) >= 11 is 0. The van der Waals surface area contributed by atoms with Crippen LogP contribution in [-0.2, 0) is 10.0 Å². The van der Waals surface area contributed by atoms with Crippen LogP contribution in [0.1, 0.15) is 12.8 Å². The van der Waals surface area contributed by atoms with Gasteiger partial charge in [0.15, 0.2) is 0 Å². The Morgan fingerprint density at radius 2 is 1.92 bits per heavy atom. The fraction of sp³-hybridized carbons (Fsp3) is 0.467. The van der Waals surface area contributed by atoms with Crippen LogP contribution in [0, 0.1) is 11.8 Å². The van der Waals surface area contributed by atoms with Crippen molar-refractivity contribution in [2.75, 3.05) is 13.1 Å². The van der Waals surface area contributed by atoms with E-state index in [1.165, 1.54) is 22.5 Å². The summed E-state index contributed by atoms with van der Waals surface area (Å²) in [5.41, 5.74) is 5.15. The smallest absolute Gasteiger partial charge is 0.326 e. The lowest BCUT2D eigenvalue weighted by molar-refractivity contribution is 0.427. The molecule has 8 nitrogen and oxygen atoms in total. The van der Waals surface area contributed by atoms with Crippen LogP contribution in [0.25, 0.3) is 10.9 Å². The average molecular weight is 350 g/mol. The number of aromatic nitrogens is 2. The minimum Gasteiger partial charge on any atom is -0.327 e. The monoisotopic (exact) mass is 350 g/mol. The zero-order valence-electron chi connectivity index (χ0n) is 12.9. The van der Waals surface area contributed by atoms with Crippen molar-refractivity contribution in [3.05, 3.63) is 39.0 Å². The highest BCUT2D eigenvalue weighted by Crippen LogP contribution is 2.39. The molecule has 4 rings (SSSR count). The number of fused-ring (bicyclic) bond motifs is 2. The lowest BCUT2D eigenvalue weighted by Gasteiger charge is -2.18. The van der Waals surface area contributed by atoms with Crippen LogP contribution in [0.5, 0.6) is 0 Å². The molecule has 0 bridgehead atoms. The minimum atomic E-state index is -3.69. The molecule has 24 heavy (non-hydrogen) atoms. The molecule has 9 heteroatoms. The van der Waals surface area contributed by atoms with E-state index < -0.39 is 21.3 Å². The Hall–Kier alpha value is -1.97. The number of nitrogens with zero attached hydrogens (tertiary/aromatic N) is 1. The van der Waals surface area contributed by atoms with E-state index in [0.29, 0.717) is 24.5 Å². The van der Waals surface area contributed by atoms with Gasteiger partial charge in [-0.2, -0.15) is 4.31 Å². The van der Waals surface area contributed by atoms with Crippen LogP contribution in [-0.4, -0.2) is 41.8 Å². The molecule has 2 aliphatic rings. The Bertz CT molecular complexity index is 1030. The van der Waals surface area contributed by atoms with E-state index in [2.05, 4.69) is 9.97 Å². The van der Waals surface area contributed by atoms with Gasteiger partial charge in [-0.15, -0.1) is 0 Å². The molecule has 2 aromatic rings. The number of rotatable bonds is 2. The molecule has 1 aliphatic heterocycles. The molecule has 3 atom stereocenters. The largest absolute Gasteiger partial charge is 0.327 e. The van der Waals surface area contributed by atoms with Crippen molar-refractivity contribution in [1.82, 2.24) is 14.3 Å². The molecule has 128 valence electrons. The first-order valence-electron chi connectivity index (χ1n) is 7.88. The molecule has 1 saturated carbocycles. The summed E-state index contributed by atoms with van der Waals surface area (Å²) in [5.74, 6) is 0.523. The highest BCUT2D eigenvalue weighted by molar-refractivity contribution is 7.89. The number of hydrogen-bond acceptors (Lipinski definition) is 5. The summed E-state index contributed by atoms with van der Waals surface area (Å²) in [6.45, 7) is 0.898. The second kappa shape index (κ2) is 5.27. The van der Waals surface area contributed by atoms with Gasteiger partial charge in [-0.1, -0.05) is 0 Å². The third-order valence-electron chi connectivity index (χ3n) is 5.23. The summed E-state index contributed by atoms with van der Waals surface area (Å²) in [4.78, 5) is 27.8. The van der Waals surface area contributed by atoms with E-state index in [4.69, 9.17) is 5.73 Å². The third-order valence-corrected chi connectivity index (χ3v) is 7.06. The number of nitrogens with one attached hydrogen (secondary N) is 2. The number of aromatic amines is 2. The van der Waals surface area contributed by atoms with Gasteiger partial charge < -0.3 is 10.7 Å². The predicted octanol–water partition coefficient (Wildman–Crippen LogP) is -0.426. The predicted molar refractivity (Wildman–Crippen MR) is 88.1 cm³/mol. The summed E-state index contributed by atoms with van der Waals surface area (Å²) in [5, 5.41) is 0.145. The molecule has 2 heterocycles. The minimum absolute atomic E-state index is 0.0553. The van der Waals surface area contributed by atoms with Gasteiger partial charge in [0, 0.05) is 19.1 Å². The second-order valence-electron chi connectivity index (χ2n) is 6.60. The first-order valence-corrected chi connectivity index (χ1v) is 9.32. The topological polar surface area (TPSA) is 129 Å². The number of sulfonamides is 1. The van der Waals surface area contributed by atoms with E-state index in [9.17, 15) is 18.0 Å². The molecule has 1 aromatic heterocycles. The van der Waals surface area contributed by atoms with Crippen molar-refractivity contribution in [3.8, 4) is 0 Å². The summed E-state index contributed by atoms with van der Waals surface area (Å²) in [6, 6.07) is 4.23. The van der Waals surface area contributed by atoms with Gasteiger partial charge in [-0.3, -0.25) is 9.78 Å². The Labute approximate surface area is 137 Å². The van der Waals surface area contributed by atoms with Crippen LogP contribution in [0.15, 0.2) is 32.7 Å². The maximum Gasteiger partial charge on any atom is 0.326 e. The van der Waals surface area contributed by atoms with Crippen LogP contribution >= 0.6 is 0 Å². The number of benzene rings is 1. The van der Waals surface area contributed by atoms with Crippen molar-refractivity contribution >= 4 is 20.9 Å². The quantitative estimate of drug-likeness (QED) is 0.677. The molecule has 1 aliphatic carbocycles. The summed E-state index contributed by atoms with van der Waals surface area (Å²) < 4.78 is 27.3. The fourth-order valence-electron chi connectivity index (χ4n) is 3.92. The second-order valence-corrected chi connectivity index (χ2v) is 8.54. The molecule has 1 saturated heterocycles. The van der Waals surface area contributed by atoms with Crippen LogP contribution < -0.4 is 17.0 Å². The van der Waals surface area contributed by atoms with Gasteiger partial charge in [-0.25, -0.2) is 13.2 Å². The molecule has 1 aromatic carbocycles. The highest BCUT2D eigenvalue weighted by atomic mass is 32.2. The van der Waals surface area contributed by atoms with Crippen molar-refractivity contribution in [3.63, 3.8) is 0 Å². The standard InChI is InChI=1S/C15H18N4O4S/c16-12-3-1-8-6-19(7-11(8)12)24(22,23)9-2-4-13-10(5-9)14(20)18-15(21)17-13/h2,4-5,8,11-12H,1,3,6-7,16H2,(H2,17,18,20,21). The summed E-state index contributed by atoms with van der Waals surface area (Å²) in [6.07, 6.45) is 1.90. The van der Waals surface area contributed by atoms with Crippen LogP contribution in [0.4, 0.5) is 0 Å². The number of hydrogen-bond donors (Lipinski definition) is 3. The lowest BCUT2D eigenvalue weighted by atomic mass is 9.98. The van der Waals surface area contributed by atoms with Crippen LogP contribution in [0.2, 0.25) is 0 Å². The SMILES string of the molecule is NC1CCC2CN(S(=O)(=O)c3ccc4[nH]c(=O)[nH]c(=O)c4c3)CC12. The third kappa shape index (κ3) is 2.31. The average Bonchev–Trinajstić information content (AvgIpc) is 3.10. The van der Waals surface area contributed by atoms with Gasteiger partial charge >= 0.3 is 5.69 Å². The van der Waals surface area contributed by atoms with E-state index in [1.54, 1.807) is 0 Å². The fourth-order valence-corrected chi connectivity index (χ4v) is 5.48. The molecule has 3 unspecified atom stereocenters. The van der Waals surface area contributed by atoms with Crippen molar-refractivity contribution < 1.29 is 8.42 Å². The van der Waals surface area contributed by atoms with E-state index in [0.717, 1.165) is 12.8 Å². The Balaban J connectivity index is 1.74. The van der Waals surface area contributed by atoms with Crippen molar-refractivity contribution in [1.29, 1.82) is 0 Å². The molecule has 0 amide bonds. The van der Waals surface area contributed by atoms with Gasteiger partial charge in [0.05, 0.1) is 15.8 Å². The van der Waals surface area contributed by atoms with Gasteiger partial charge in [0.25, 0.3) is 5.56 Å². The van der Waals surface area contributed by atoms with Crippen molar-refractivity contribution in [2.24, 2.45) is 17.6 Å². The van der Waals surface area contributed by atoms with Gasteiger partial charge in [-0.05, 0) is 42.9 Å². The molecular formula is C15H18N4O4S. The first kappa shape index (κ1) is 15.6. The zero-order chi connectivity index (χ0) is 17.1. The lowest BCUT2D eigenvalue weighted by Crippen LogP contribution is -2.33. The Morgan fingerprint density at radius 1 is 1.12 bits per heavy atom. The number of H-pyrrole nitrogens is 2. The van der Waals surface area contributed by atoms with Crippen molar-refractivity contribution in [2.45, 2.75) is 23.8 Å². The van der Waals surface area contributed by atoms with Gasteiger partial charge in [0.1, 0.15) is 0 Å². The molecule has 4 N–H and O–H groups in total. The Kier molecular flexibility index (Phi) is 3.41. The molecule has 0 radical (unpaired) electrons.